The zero-order chi connectivity index (χ0) is 21.1. The Kier molecular flexibility index (Phi) is 5.39. The van der Waals surface area contributed by atoms with Crippen molar-refractivity contribution >= 4 is 17.6 Å². The maximum absolute atomic E-state index is 12.7. The summed E-state index contributed by atoms with van der Waals surface area (Å²) in [6.45, 7) is 0.600. The highest BCUT2D eigenvalue weighted by Gasteiger charge is 2.32. The molecule has 0 fully saturated rings. The van der Waals surface area contributed by atoms with Crippen LogP contribution in [0.15, 0.2) is 53.3 Å². The third kappa shape index (κ3) is 4.58. The first-order chi connectivity index (χ1) is 14.4. The van der Waals surface area contributed by atoms with Crippen LogP contribution >= 0.6 is 0 Å². The van der Waals surface area contributed by atoms with Crippen LogP contribution in [0.2, 0.25) is 0 Å². The number of halogens is 3. The average molecular weight is 418 g/mol. The summed E-state index contributed by atoms with van der Waals surface area (Å²) in [4.78, 5) is 15.3. The van der Waals surface area contributed by atoms with Crippen LogP contribution in [0.4, 0.5) is 29.5 Å². The number of aromatic nitrogens is 3. The van der Waals surface area contributed by atoms with Crippen molar-refractivity contribution in [2.75, 3.05) is 10.6 Å². The van der Waals surface area contributed by atoms with E-state index in [1.165, 1.54) is 17.2 Å². The molecule has 0 saturated carbocycles. The maximum atomic E-state index is 12.7. The number of hydrogen-bond acceptors (Lipinski definition) is 4. The number of urea groups is 1. The van der Waals surface area contributed by atoms with Gasteiger partial charge in [0.05, 0.1) is 0 Å². The SMILES string of the molecule is O=C(Nc1ccnc(C(F)(F)F)c1)Nc1c[n+](CC2CCCc3ccccc32)no1. The Morgan fingerprint density at radius 1 is 1.23 bits per heavy atom. The Hall–Kier alpha value is -3.43. The fourth-order valence-corrected chi connectivity index (χ4v) is 3.63. The van der Waals surface area contributed by atoms with Crippen molar-refractivity contribution in [2.24, 2.45) is 0 Å². The smallest absolute Gasteiger partial charge is 0.308 e. The molecule has 0 bridgehead atoms. The van der Waals surface area contributed by atoms with E-state index in [1.54, 1.807) is 10.9 Å². The van der Waals surface area contributed by atoms with Gasteiger partial charge in [-0.05, 0) is 47.2 Å². The first kappa shape index (κ1) is 19.9. The largest absolute Gasteiger partial charge is 0.433 e. The topological polar surface area (TPSA) is 83.9 Å². The second-order valence-electron chi connectivity index (χ2n) is 7.08. The van der Waals surface area contributed by atoms with E-state index in [0.717, 1.165) is 31.5 Å². The van der Waals surface area contributed by atoms with Gasteiger partial charge < -0.3 is 5.32 Å². The molecule has 1 atom stereocenters. The Labute approximate surface area is 169 Å². The Morgan fingerprint density at radius 2 is 2.07 bits per heavy atom. The number of nitrogens with one attached hydrogen (secondary N) is 2. The van der Waals surface area contributed by atoms with Crippen LogP contribution in [-0.4, -0.2) is 16.3 Å². The summed E-state index contributed by atoms with van der Waals surface area (Å²) in [5, 5.41) is 8.67. The zero-order valence-electron chi connectivity index (χ0n) is 15.8. The molecule has 4 rings (SSSR count). The van der Waals surface area contributed by atoms with Gasteiger partial charge in [-0.2, -0.15) is 13.2 Å². The first-order valence-electron chi connectivity index (χ1n) is 9.44. The van der Waals surface area contributed by atoms with Gasteiger partial charge in [-0.3, -0.25) is 14.8 Å². The van der Waals surface area contributed by atoms with Crippen LogP contribution in [0.1, 0.15) is 35.6 Å². The number of anilines is 2. The molecule has 0 aliphatic heterocycles. The molecule has 1 unspecified atom stereocenters. The van der Waals surface area contributed by atoms with E-state index in [-0.39, 0.29) is 11.6 Å². The molecule has 0 radical (unpaired) electrons. The molecule has 2 aromatic heterocycles. The number of aryl methyl sites for hydroxylation is 1. The molecule has 1 aliphatic carbocycles. The van der Waals surface area contributed by atoms with E-state index in [1.807, 2.05) is 12.1 Å². The fraction of sp³-hybridized carbons (Fsp3) is 0.300. The molecular formula is C20H19F3N5O2+. The average Bonchev–Trinajstić information content (AvgIpc) is 3.14. The number of rotatable bonds is 4. The highest BCUT2D eigenvalue weighted by atomic mass is 19.4. The van der Waals surface area contributed by atoms with Crippen LogP contribution in [-0.2, 0) is 19.1 Å². The third-order valence-electron chi connectivity index (χ3n) is 4.96. The number of hydrogen-bond donors (Lipinski definition) is 2. The van der Waals surface area contributed by atoms with Gasteiger partial charge in [-0.15, -0.1) is 0 Å². The number of amides is 2. The Bertz CT molecular complexity index is 1050. The Balaban J connectivity index is 1.38. The number of carbonyl (C=O) groups excluding carboxylic acids is 1. The summed E-state index contributed by atoms with van der Waals surface area (Å²) in [6.07, 6.45) is 1.12. The van der Waals surface area contributed by atoms with Crippen molar-refractivity contribution in [3.63, 3.8) is 0 Å². The van der Waals surface area contributed by atoms with Gasteiger partial charge in [-0.25, -0.2) is 4.79 Å². The quantitative estimate of drug-likeness (QED) is 0.624. The summed E-state index contributed by atoms with van der Waals surface area (Å²) < 4.78 is 44.9. The standard InChI is InChI=1S/C20H18F3N5O2/c21-20(22,23)17-10-15(8-9-24-17)25-19(29)26-18-12-28(27-30-18)11-14-6-3-5-13-4-1-2-7-16(13)14/h1-2,4,7-10,12,14H,3,5-6,11H2,(H-,24,25,26,27,29)/p+1. The first-order valence-corrected chi connectivity index (χ1v) is 9.44. The van der Waals surface area contributed by atoms with Crippen molar-refractivity contribution < 1.29 is 27.2 Å². The number of alkyl halides is 3. The molecule has 2 N–H and O–H groups in total. The van der Waals surface area contributed by atoms with Crippen LogP contribution in [0.5, 0.6) is 0 Å². The predicted octanol–water partition coefficient (Wildman–Crippen LogP) is 4.14. The van der Waals surface area contributed by atoms with Crippen LogP contribution < -0.4 is 15.3 Å². The summed E-state index contributed by atoms with van der Waals surface area (Å²) in [5.74, 6) is 0.381. The van der Waals surface area contributed by atoms with E-state index in [9.17, 15) is 18.0 Å². The van der Waals surface area contributed by atoms with Gasteiger partial charge in [0.15, 0.2) is 6.54 Å². The minimum atomic E-state index is -4.59. The normalized spacial score (nSPS) is 16.0. The number of nitrogens with zero attached hydrogens (tertiary/aromatic N) is 3. The van der Waals surface area contributed by atoms with E-state index >= 15 is 0 Å². The summed E-state index contributed by atoms with van der Waals surface area (Å²) in [6, 6.07) is 9.57. The van der Waals surface area contributed by atoms with Crippen molar-refractivity contribution in [2.45, 2.75) is 37.9 Å². The number of fused-ring (bicyclic) bond motifs is 1. The van der Waals surface area contributed by atoms with Crippen LogP contribution in [0.3, 0.4) is 0 Å². The molecule has 0 saturated heterocycles. The third-order valence-corrected chi connectivity index (χ3v) is 4.96. The minimum absolute atomic E-state index is 0.0407. The van der Waals surface area contributed by atoms with Gasteiger partial charge in [0.25, 0.3) is 6.20 Å². The number of pyridine rings is 1. The fourth-order valence-electron chi connectivity index (χ4n) is 3.63. The summed E-state index contributed by atoms with van der Waals surface area (Å²) in [7, 11) is 0. The van der Waals surface area contributed by atoms with Crippen LogP contribution in [0.25, 0.3) is 0 Å². The van der Waals surface area contributed by atoms with Gasteiger partial charge in [0.2, 0.25) is 5.27 Å². The van der Waals surface area contributed by atoms with Crippen molar-refractivity contribution in [1.29, 1.82) is 0 Å². The summed E-state index contributed by atoms with van der Waals surface area (Å²) in [5.41, 5.74) is 1.50. The lowest BCUT2D eigenvalue weighted by Crippen LogP contribution is -2.38. The van der Waals surface area contributed by atoms with E-state index < -0.39 is 17.9 Å². The lowest BCUT2D eigenvalue weighted by atomic mass is 9.83. The van der Waals surface area contributed by atoms with Crippen molar-refractivity contribution in [3.05, 3.63) is 65.6 Å². The monoisotopic (exact) mass is 418 g/mol. The molecule has 30 heavy (non-hydrogen) atoms. The van der Waals surface area contributed by atoms with Gasteiger partial charge in [0.1, 0.15) is 5.69 Å². The van der Waals surface area contributed by atoms with Crippen molar-refractivity contribution in [1.82, 2.24) is 10.3 Å². The van der Waals surface area contributed by atoms with Gasteiger partial charge in [0, 0.05) is 17.8 Å². The lowest BCUT2D eigenvalue weighted by Gasteiger charge is -2.22. The van der Waals surface area contributed by atoms with Crippen LogP contribution in [0, 0.1) is 0 Å². The second-order valence-corrected chi connectivity index (χ2v) is 7.08. The van der Waals surface area contributed by atoms with Crippen molar-refractivity contribution in [3.8, 4) is 0 Å². The number of carbonyl (C=O) groups is 1. The molecule has 7 nitrogen and oxygen atoms in total. The highest BCUT2D eigenvalue weighted by molar-refractivity contribution is 5.98. The zero-order valence-corrected chi connectivity index (χ0v) is 15.8. The molecule has 2 amide bonds. The molecule has 1 aromatic carbocycles. The van der Waals surface area contributed by atoms with E-state index in [4.69, 9.17) is 4.52 Å². The molecule has 3 aromatic rings. The molecule has 10 heteroatoms. The second kappa shape index (κ2) is 8.13. The minimum Gasteiger partial charge on any atom is -0.308 e. The lowest BCUT2D eigenvalue weighted by molar-refractivity contribution is -0.764. The number of benzene rings is 1. The molecule has 1 aliphatic rings. The van der Waals surface area contributed by atoms with E-state index in [0.29, 0.717) is 12.5 Å². The molecule has 156 valence electrons. The molecule has 0 spiro atoms. The van der Waals surface area contributed by atoms with Gasteiger partial charge >= 0.3 is 18.1 Å². The molecule has 2 heterocycles. The summed E-state index contributed by atoms with van der Waals surface area (Å²) >= 11 is 0. The molecular weight excluding hydrogens is 399 g/mol. The van der Waals surface area contributed by atoms with E-state index in [2.05, 4.69) is 33.0 Å². The maximum Gasteiger partial charge on any atom is 0.433 e. The Morgan fingerprint density at radius 3 is 2.90 bits per heavy atom. The van der Waals surface area contributed by atoms with Gasteiger partial charge in [-0.1, -0.05) is 24.3 Å². The highest BCUT2D eigenvalue weighted by Crippen LogP contribution is 2.31. The predicted molar refractivity (Wildman–Crippen MR) is 101 cm³/mol.